The van der Waals surface area contributed by atoms with Crippen molar-refractivity contribution in [3.8, 4) is 0 Å². The third kappa shape index (κ3) is 2.74. The van der Waals surface area contributed by atoms with E-state index in [1.807, 2.05) is 6.34 Å². The van der Waals surface area contributed by atoms with E-state index in [0.717, 1.165) is 19.6 Å². The maximum Gasteiger partial charge on any atom is 0.0854 e. The maximum atomic E-state index is 4.28. The minimum absolute atomic E-state index is 0.225. The average Bonchev–Trinajstić information content (AvgIpc) is 2.74. The molecule has 0 saturated heterocycles. The van der Waals surface area contributed by atoms with Crippen LogP contribution in [0, 0.1) is 13.8 Å². The monoisotopic (exact) mass is 244 g/mol. The first-order valence-corrected chi connectivity index (χ1v) is 6.72. The van der Waals surface area contributed by atoms with Gasteiger partial charge in [-0.05, 0) is 41.5 Å². The molecule has 2 rings (SSSR count). The number of nitrogens with zero attached hydrogens (tertiary/aromatic N) is 2. The quantitative estimate of drug-likeness (QED) is 0.778. The van der Waals surface area contributed by atoms with Crippen molar-refractivity contribution < 1.29 is 0 Å². The smallest absolute Gasteiger partial charge is 0.0854 e. The number of aliphatic imine (C=N–C) groups is 1. The molecule has 18 heavy (non-hydrogen) atoms. The van der Waals surface area contributed by atoms with Crippen molar-refractivity contribution in [3.63, 3.8) is 0 Å². The molecule has 0 amide bonds. The first-order chi connectivity index (χ1) is 8.38. The first-order valence-electron chi connectivity index (χ1n) is 6.72. The van der Waals surface area contributed by atoms with Crippen LogP contribution >= 0.6 is 0 Å². The fourth-order valence-electron chi connectivity index (χ4n) is 2.42. The molecule has 0 spiro atoms. The van der Waals surface area contributed by atoms with Crippen LogP contribution in [-0.2, 0) is 12.0 Å². The van der Waals surface area contributed by atoms with Gasteiger partial charge >= 0.3 is 0 Å². The lowest BCUT2D eigenvalue weighted by Crippen LogP contribution is -2.21. The standard InChI is InChI=1S/C16H24N2/c1-12-8-14(16(3,4)5)9-13(2)15(12)10-18-7-6-17-11-18/h8-9,11H,6-7,10H2,1-5H3. The molecule has 0 aromatic heterocycles. The van der Waals surface area contributed by atoms with Gasteiger partial charge in [-0.3, -0.25) is 4.99 Å². The molecule has 0 saturated carbocycles. The average molecular weight is 244 g/mol. The minimum atomic E-state index is 0.225. The fraction of sp³-hybridized carbons (Fsp3) is 0.562. The highest BCUT2D eigenvalue weighted by Crippen LogP contribution is 2.27. The SMILES string of the molecule is Cc1cc(C(C)(C)C)cc(C)c1CN1C=NCC1. The fourth-order valence-corrected chi connectivity index (χ4v) is 2.42. The summed E-state index contributed by atoms with van der Waals surface area (Å²) < 4.78 is 0. The van der Waals surface area contributed by atoms with Crippen molar-refractivity contribution in [2.24, 2.45) is 4.99 Å². The van der Waals surface area contributed by atoms with Gasteiger partial charge in [0.15, 0.2) is 0 Å². The second-order valence-electron chi connectivity index (χ2n) is 6.33. The zero-order valence-electron chi connectivity index (χ0n) is 12.2. The molecule has 1 aromatic carbocycles. The van der Waals surface area contributed by atoms with Crippen LogP contribution in [0.5, 0.6) is 0 Å². The van der Waals surface area contributed by atoms with Crippen LogP contribution in [0.3, 0.4) is 0 Å². The molecule has 1 heterocycles. The summed E-state index contributed by atoms with van der Waals surface area (Å²) >= 11 is 0. The Morgan fingerprint density at radius 2 is 1.78 bits per heavy atom. The van der Waals surface area contributed by atoms with E-state index in [2.05, 4.69) is 56.6 Å². The third-order valence-electron chi connectivity index (χ3n) is 3.68. The van der Waals surface area contributed by atoms with Crippen LogP contribution in [0.4, 0.5) is 0 Å². The third-order valence-corrected chi connectivity index (χ3v) is 3.68. The van der Waals surface area contributed by atoms with E-state index in [-0.39, 0.29) is 5.41 Å². The number of hydrogen-bond acceptors (Lipinski definition) is 2. The van der Waals surface area contributed by atoms with Crippen molar-refractivity contribution in [3.05, 3.63) is 34.4 Å². The molecule has 98 valence electrons. The van der Waals surface area contributed by atoms with E-state index in [9.17, 15) is 0 Å². The van der Waals surface area contributed by atoms with Gasteiger partial charge in [0.05, 0.1) is 12.9 Å². The Morgan fingerprint density at radius 3 is 2.22 bits per heavy atom. The van der Waals surface area contributed by atoms with Crippen LogP contribution in [-0.4, -0.2) is 24.3 Å². The zero-order chi connectivity index (χ0) is 13.3. The van der Waals surface area contributed by atoms with Gasteiger partial charge < -0.3 is 4.90 Å². The normalized spacial score (nSPS) is 15.5. The van der Waals surface area contributed by atoms with Crippen LogP contribution in [0.1, 0.15) is 43.0 Å². The molecule has 1 aliphatic rings. The van der Waals surface area contributed by atoms with Crippen molar-refractivity contribution >= 4 is 6.34 Å². The molecule has 0 unspecified atom stereocenters. The van der Waals surface area contributed by atoms with Crippen molar-refractivity contribution in [2.45, 2.75) is 46.6 Å². The molecule has 0 N–H and O–H groups in total. The molecule has 0 bridgehead atoms. The van der Waals surface area contributed by atoms with Gasteiger partial charge in [0, 0.05) is 13.1 Å². The Kier molecular flexibility index (Phi) is 3.47. The van der Waals surface area contributed by atoms with Gasteiger partial charge in [0.1, 0.15) is 0 Å². The molecule has 1 aromatic rings. The number of aryl methyl sites for hydroxylation is 2. The Morgan fingerprint density at radius 1 is 1.17 bits per heavy atom. The lowest BCUT2D eigenvalue weighted by molar-refractivity contribution is 0.460. The molecule has 1 aliphatic heterocycles. The van der Waals surface area contributed by atoms with Crippen molar-refractivity contribution in [2.75, 3.05) is 13.1 Å². The summed E-state index contributed by atoms with van der Waals surface area (Å²) in [6.07, 6.45) is 1.98. The summed E-state index contributed by atoms with van der Waals surface area (Å²) in [6, 6.07) is 4.69. The zero-order valence-corrected chi connectivity index (χ0v) is 12.2. The Hall–Kier alpha value is -1.31. The van der Waals surface area contributed by atoms with E-state index < -0.39 is 0 Å². The first kappa shape index (κ1) is 13.1. The Bertz CT molecular complexity index is 443. The summed E-state index contributed by atoms with van der Waals surface area (Å²) in [4.78, 5) is 6.58. The predicted molar refractivity (Wildman–Crippen MR) is 78.4 cm³/mol. The van der Waals surface area contributed by atoms with Crippen LogP contribution < -0.4 is 0 Å². The maximum absolute atomic E-state index is 4.28. The molecule has 0 fully saturated rings. The van der Waals surface area contributed by atoms with E-state index in [4.69, 9.17) is 0 Å². The van der Waals surface area contributed by atoms with E-state index in [1.165, 1.54) is 22.3 Å². The Labute approximate surface area is 111 Å². The summed E-state index contributed by atoms with van der Waals surface area (Å²) in [7, 11) is 0. The van der Waals surface area contributed by atoms with Crippen LogP contribution in [0.2, 0.25) is 0 Å². The molecule has 2 heteroatoms. The Balaban J connectivity index is 2.29. The predicted octanol–water partition coefficient (Wildman–Crippen LogP) is 3.44. The number of benzene rings is 1. The summed E-state index contributed by atoms with van der Waals surface area (Å²) in [5.74, 6) is 0. The highest BCUT2D eigenvalue weighted by atomic mass is 15.2. The second kappa shape index (κ2) is 4.75. The second-order valence-corrected chi connectivity index (χ2v) is 6.33. The van der Waals surface area contributed by atoms with Gasteiger partial charge in [-0.2, -0.15) is 0 Å². The van der Waals surface area contributed by atoms with Gasteiger partial charge in [0.25, 0.3) is 0 Å². The molecule has 0 atom stereocenters. The number of hydrogen-bond donors (Lipinski definition) is 0. The molecule has 0 aliphatic carbocycles. The van der Waals surface area contributed by atoms with E-state index in [0.29, 0.717) is 0 Å². The van der Waals surface area contributed by atoms with Gasteiger partial charge in [-0.15, -0.1) is 0 Å². The summed E-state index contributed by atoms with van der Waals surface area (Å²) in [5, 5.41) is 0. The lowest BCUT2D eigenvalue weighted by Gasteiger charge is -2.24. The molecule has 2 nitrogen and oxygen atoms in total. The van der Waals surface area contributed by atoms with E-state index in [1.54, 1.807) is 0 Å². The van der Waals surface area contributed by atoms with Crippen LogP contribution in [0.25, 0.3) is 0 Å². The van der Waals surface area contributed by atoms with E-state index >= 15 is 0 Å². The van der Waals surface area contributed by atoms with Crippen LogP contribution in [0.15, 0.2) is 17.1 Å². The van der Waals surface area contributed by atoms with Gasteiger partial charge in [-0.25, -0.2) is 0 Å². The summed E-state index contributed by atoms with van der Waals surface area (Å²) in [6.45, 7) is 14.3. The van der Waals surface area contributed by atoms with Crippen molar-refractivity contribution in [1.82, 2.24) is 4.90 Å². The number of rotatable bonds is 2. The van der Waals surface area contributed by atoms with Gasteiger partial charge in [-0.1, -0.05) is 32.9 Å². The highest BCUT2D eigenvalue weighted by Gasteiger charge is 2.17. The van der Waals surface area contributed by atoms with Crippen molar-refractivity contribution in [1.29, 1.82) is 0 Å². The molecular weight excluding hydrogens is 220 g/mol. The lowest BCUT2D eigenvalue weighted by atomic mass is 9.84. The topological polar surface area (TPSA) is 15.6 Å². The molecular formula is C16H24N2. The highest BCUT2D eigenvalue weighted by molar-refractivity contribution is 5.57. The minimum Gasteiger partial charge on any atom is -0.357 e. The molecule has 0 radical (unpaired) electrons. The largest absolute Gasteiger partial charge is 0.357 e. The summed E-state index contributed by atoms with van der Waals surface area (Å²) in [5.41, 5.74) is 5.91. The van der Waals surface area contributed by atoms with Gasteiger partial charge in [0.2, 0.25) is 0 Å².